The molecule has 0 saturated heterocycles. The Morgan fingerprint density at radius 2 is 2.05 bits per heavy atom. The second-order valence-electron chi connectivity index (χ2n) is 4.01. The van der Waals surface area contributed by atoms with Crippen LogP contribution in [0.5, 0.6) is 0 Å². The minimum absolute atomic E-state index is 0.0177. The summed E-state index contributed by atoms with van der Waals surface area (Å²) in [6.45, 7) is 1.72. The largest absolute Gasteiger partial charge is 0.279 e. The molecule has 1 heterocycles. The van der Waals surface area contributed by atoms with Crippen molar-refractivity contribution in [2.24, 2.45) is 0 Å². The molecule has 1 N–H and O–H groups in total. The van der Waals surface area contributed by atoms with E-state index in [0.29, 0.717) is 16.3 Å². The fraction of sp³-hybridized carbons (Fsp3) is 0.0769. The molecule has 0 fully saturated rings. The fourth-order valence-corrected chi connectivity index (χ4v) is 2.77. The van der Waals surface area contributed by atoms with Crippen molar-refractivity contribution in [3.8, 4) is 6.07 Å². The van der Waals surface area contributed by atoms with Crippen molar-refractivity contribution in [2.45, 2.75) is 11.8 Å². The maximum Gasteiger partial charge on any atom is 0.263 e. The average Bonchev–Trinajstić information content (AvgIpc) is 2.44. The molecule has 2 aromatic rings. The average molecular weight is 308 g/mol. The van der Waals surface area contributed by atoms with E-state index in [1.807, 2.05) is 6.07 Å². The molecule has 0 amide bonds. The Morgan fingerprint density at radius 1 is 1.30 bits per heavy atom. The monoisotopic (exact) mass is 307 g/mol. The predicted octanol–water partition coefficient (Wildman–Crippen LogP) is 2.72. The highest BCUT2D eigenvalue weighted by Crippen LogP contribution is 2.25. The van der Waals surface area contributed by atoms with Crippen molar-refractivity contribution in [3.63, 3.8) is 0 Å². The fourth-order valence-electron chi connectivity index (χ4n) is 1.53. The number of hydrogen-bond donors (Lipinski definition) is 1. The second kappa shape index (κ2) is 5.49. The molecule has 5 nitrogen and oxygen atoms in total. The van der Waals surface area contributed by atoms with E-state index in [0.717, 1.165) is 6.20 Å². The predicted molar refractivity (Wildman–Crippen MR) is 75.9 cm³/mol. The number of rotatable bonds is 3. The lowest BCUT2D eigenvalue weighted by atomic mass is 10.2. The molecule has 0 bridgehead atoms. The van der Waals surface area contributed by atoms with Crippen LogP contribution >= 0.6 is 11.6 Å². The van der Waals surface area contributed by atoms with E-state index in [2.05, 4.69) is 9.71 Å². The molecule has 1 aromatic carbocycles. The van der Waals surface area contributed by atoms with E-state index >= 15 is 0 Å². The highest BCUT2D eigenvalue weighted by atomic mass is 35.5. The first-order chi connectivity index (χ1) is 9.44. The van der Waals surface area contributed by atoms with E-state index in [1.165, 1.54) is 12.1 Å². The maximum absolute atomic E-state index is 12.2. The normalized spacial score (nSPS) is 10.8. The van der Waals surface area contributed by atoms with Gasteiger partial charge in [0.1, 0.15) is 16.7 Å². The smallest absolute Gasteiger partial charge is 0.263 e. The zero-order valence-corrected chi connectivity index (χ0v) is 12.0. The topological polar surface area (TPSA) is 82.9 Å². The van der Waals surface area contributed by atoms with Crippen molar-refractivity contribution in [3.05, 3.63) is 52.8 Å². The van der Waals surface area contributed by atoms with Crippen LogP contribution < -0.4 is 4.72 Å². The van der Waals surface area contributed by atoms with E-state index in [4.69, 9.17) is 16.9 Å². The molecule has 102 valence electrons. The molecule has 7 heteroatoms. The van der Waals surface area contributed by atoms with Gasteiger partial charge in [0.05, 0.1) is 5.69 Å². The number of halogens is 1. The number of pyridine rings is 1. The van der Waals surface area contributed by atoms with Crippen LogP contribution in [0.1, 0.15) is 11.3 Å². The van der Waals surface area contributed by atoms with Gasteiger partial charge in [-0.3, -0.25) is 4.72 Å². The minimum Gasteiger partial charge on any atom is -0.279 e. The molecule has 20 heavy (non-hydrogen) atoms. The summed E-state index contributed by atoms with van der Waals surface area (Å²) in [7, 11) is -3.76. The number of benzene rings is 1. The van der Waals surface area contributed by atoms with Gasteiger partial charge in [-0.15, -0.1) is 0 Å². The highest BCUT2D eigenvalue weighted by molar-refractivity contribution is 7.92. The van der Waals surface area contributed by atoms with Crippen molar-refractivity contribution in [1.29, 1.82) is 5.26 Å². The van der Waals surface area contributed by atoms with Gasteiger partial charge >= 0.3 is 0 Å². The summed E-state index contributed by atoms with van der Waals surface area (Å²) < 4.78 is 26.8. The van der Waals surface area contributed by atoms with Crippen LogP contribution in [-0.2, 0) is 10.0 Å². The van der Waals surface area contributed by atoms with Gasteiger partial charge in [0, 0.05) is 11.2 Å². The first-order valence-electron chi connectivity index (χ1n) is 5.58. The van der Waals surface area contributed by atoms with Crippen molar-refractivity contribution >= 4 is 27.3 Å². The number of aromatic nitrogens is 1. The van der Waals surface area contributed by atoms with Crippen molar-refractivity contribution in [1.82, 2.24) is 4.98 Å². The number of nitrogens with one attached hydrogen (secondary N) is 1. The Labute approximate surface area is 121 Å². The number of hydrogen-bond acceptors (Lipinski definition) is 4. The van der Waals surface area contributed by atoms with Crippen molar-refractivity contribution in [2.75, 3.05) is 4.72 Å². The molecule has 1 aromatic heterocycles. The van der Waals surface area contributed by atoms with E-state index in [9.17, 15) is 8.42 Å². The lowest BCUT2D eigenvalue weighted by Gasteiger charge is -2.11. The van der Waals surface area contributed by atoms with Gasteiger partial charge < -0.3 is 0 Å². The van der Waals surface area contributed by atoms with Crippen LogP contribution in [0, 0.1) is 18.3 Å². The van der Waals surface area contributed by atoms with Gasteiger partial charge in [0.25, 0.3) is 10.0 Å². The molecular weight excluding hydrogens is 298 g/mol. The molecule has 0 unspecified atom stereocenters. The van der Waals surface area contributed by atoms with Gasteiger partial charge in [-0.25, -0.2) is 13.4 Å². The van der Waals surface area contributed by atoms with E-state index in [-0.39, 0.29) is 10.6 Å². The summed E-state index contributed by atoms with van der Waals surface area (Å²) in [5.74, 6) is 0. The summed E-state index contributed by atoms with van der Waals surface area (Å²) in [6.07, 6.45) is 1.14. The molecular formula is C13H10ClN3O2S. The molecule has 0 radical (unpaired) electrons. The zero-order valence-electron chi connectivity index (χ0n) is 10.5. The third-order valence-electron chi connectivity index (χ3n) is 2.67. The number of anilines is 1. The molecule has 0 aliphatic heterocycles. The molecule has 0 spiro atoms. The summed E-state index contributed by atoms with van der Waals surface area (Å²) in [5, 5.41) is 9.12. The third kappa shape index (κ3) is 2.90. The van der Waals surface area contributed by atoms with E-state index < -0.39 is 10.0 Å². The summed E-state index contributed by atoms with van der Waals surface area (Å²) in [4.78, 5) is 3.72. The number of sulfonamides is 1. The quantitative estimate of drug-likeness (QED) is 0.945. The Morgan fingerprint density at radius 3 is 2.65 bits per heavy atom. The SMILES string of the molecule is Cc1c(Cl)cccc1NS(=O)(=O)c1ccc(C#N)nc1. The highest BCUT2D eigenvalue weighted by Gasteiger charge is 2.16. The summed E-state index contributed by atoms with van der Waals surface area (Å²) in [6, 6.07) is 9.46. The standard InChI is InChI=1S/C13H10ClN3O2S/c1-9-12(14)3-2-4-13(9)17-20(18,19)11-6-5-10(7-15)16-8-11/h2-6,8,17H,1H3. The van der Waals surface area contributed by atoms with Gasteiger partial charge in [-0.05, 0) is 36.8 Å². The first-order valence-corrected chi connectivity index (χ1v) is 7.44. The van der Waals surface area contributed by atoms with Crippen LogP contribution in [0.2, 0.25) is 5.02 Å². The van der Waals surface area contributed by atoms with Crippen LogP contribution in [0.25, 0.3) is 0 Å². The maximum atomic E-state index is 12.2. The molecule has 2 rings (SSSR count). The molecule has 0 saturated carbocycles. The van der Waals surface area contributed by atoms with Gasteiger partial charge in [0.2, 0.25) is 0 Å². The minimum atomic E-state index is -3.76. The Kier molecular flexibility index (Phi) is 3.93. The summed E-state index contributed by atoms with van der Waals surface area (Å²) in [5.41, 5.74) is 1.20. The van der Waals surface area contributed by atoms with Gasteiger partial charge in [-0.2, -0.15) is 5.26 Å². The Bertz CT molecular complexity index is 780. The van der Waals surface area contributed by atoms with Gasteiger partial charge in [0.15, 0.2) is 0 Å². The Hall–Kier alpha value is -2.10. The van der Waals surface area contributed by atoms with Crippen LogP contribution in [-0.4, -0.2) is 13.4 Å². The Balaban J connectivity index is 2.36. The van der Waals surface area contributed by atoms with Gasteiger partial charge in [-0.1, -0.05) is 17.7 Å². The molecule has 0 aliphatic carbocycles. The second-order valence-corrected chi connectivity index (χ2v) is 6.10. The lowest BCUT2D eigenvalue weighted by Crippen LogP contribution is -2.14. The zero-order chi connectivity index (χ0) is 14.8. The first kappa shape index (κ1) is 14.3. The molecule has 0 aliphatic rings. The third-order valence-corrected chi connectivity index (χ3v) is 4.43. The number of nitrogens with zero attached hydrogens (tertiary/aromatic N) is 2. The van der Waals surface area contributed by atoms with Crippen molar-refractivity contribution < 1.29 is 8.42 Å². The molecule has 0 atom stereocenters. The van der Waals surface area contributed by atoms with Crippen LogP contribution in [0.15, 0.2) is 41.4 Å². The number of nitriles is 1. The van der Waals surface area contributed by atoms with Crippen LogP contribution in [0.4, 0.5) is 5.69 Å². The lowest BCUT2D eigenvalue weighted by molar-refractivity contribution is 0.600. The van der Waals surface area contributed by atoms with Crippen LogP contribution in [0.3, 0.4) is 0 Å². The van der Waals surface area contributed by atoms with E-state index in [1.54, 1.807) is 25.1 Å². The summed E-state index contributed by atoms with van der Waals surface area (Å²) >= 11 is 5.95.